The standard InChI is InChI=1S/C27H25F3N6O/c1-16-9-18(7-8-31-16)25-20-10-19-12-36(26(37)32-22(19)11-23(20)33-34-25)24-14-35(15-27(28,29)30)13-21(24)17-5-3-2-4-6-17/h2-11,21,24H,12-15H2,1H3,(H,32,37)(H,33,34)/t21-,24?/m1/s1. The third-order valence-corrected chi connectivity index (χ3v) is 7.20. The van der Waals surface area contributed by atoms with E-state index >= 15 is 0 Å². The molecule has 2 aliphatic heterocycles. The number of halogens is 3. The summed E-state index contributed by atoms with van der Waals surface area (Å²) in [7, 11) is 0. The maximum absolute atomic E-state index is 13.3. The summed E-state index contributed by atoms with van der Waals surface area (Å²) in [5.74, 6) is -0.233. The Balaban J connectivity index is 1.35. The van der Waals surface area contributed by atoms with E-state index in [1.165, 1.54) is 4.90 Å². The van der Waals surface area contributed by atoms with Gasteiger partial charge in [-0.1, -0.05) is 30.3 Å². The van der Waals surface area contributed by atoms with Crippen LogP contribution in [0, 0.1) is 6.92 Å². The Bertz CT molecular complexity index is 1470. The lowest BCUT2D eigenvalue weighted by molar-refractivity contribution is -0.143. The summed E-state index contributed by atoms with van der Waals surface area (Å²) in [5.41, 5.74) is 5.87. The normalized spacial score (nSPS) is 20.3. The Labute approximate surface area is 211 Å². The van der Waals surface area contributed by atoms with E-state index in [4.69, 9.17) is 0 Å². The molecule has 1 unspecified atom stereocenters. The van der Waals surface area contributed by atoms with E-state index in [1.807, 2.05) is 61.5 Å². The fraction of sp³-hybridized carbons (Fsp3) is 0.296. The summed E-state index contributed by atoms with van der Waals surface area (Å²) in [6.45, 7) is 1.60. The quantitative estimate of drug-likeness (QED) is 0.393. The van der Waals surface area contributed by atoms with Crippen molar-refractivity contribution in [2.75, 3.05) is 25.0 Å². The predicted octanol–water partition coefficient (Wildman–Crippen LogP) is 5.31. The van der Waals surface area contributed by atoms with Crippen molar-refractivity contribution in [2.45, 2.75) is 31.6 Å². The van der Waals surface area contributed by atoms with Crippen molar-refractivity contribution in [3.63, 3.8) is 0 Å². The Kier molecular flexibility index (Phi) is 5.63. The lowest BCUT2D eigenvalue weighted by Crippen LogP contribution is -2.48. The van der Waals surface area contributed by atoms with Gasteiger partial charge in [-0.05, 0) is 42.3 Å². The van der Waals surface area contributed by atoms with Gasteiger partial charge in [-0.3, -0.25) is 15.0 Å². The number of anilines is 1. The molecule has 0 bridgehead atoms. The number of aromatic nitrogens is 3. The van der Waals surface area contributed by atoms with Crippen molar-refractivity contribution in [3.8, 4) is 11.3 Å². The van der Waals surface area contributed by atoms with E-state index < -0.39 is 18.8 Å². The third kappa shape index (κ3) is 4.53. The van der Waals surface area contributed by atoms with Crippen LogP contribution in [0.3, 0.4) is 0 Å². The maximum Gasteiger partial charge on any atom is 0.401 e. The van der Waals surface area contributed by atoms with Gasteiger partial charge in [-0.15, -0.1) is 0 Å². The van der Waals surface area contributed by atoms with E-state index in [0.717, 1.165) is 39.0 Å². The van der Waals surface area contributed by atoms with Crippen molar-refractivity contribution in [1.29, 1.82) is 0 Å². The molecule has 0 spiro atoms. The zero-order valence-electron chi connectivity index (χ0n) is 20.1. The minimum Gasteiger partial charge on any atom is -0.315 e. The number of nitrogens with one attached hydrogen (secondary N) is 2. The molecular formula is C27H25F3N6O. The van der Waals surface area contributed by atoms with Crippen LogP contribution in [0.15, 0.2) is 60.8 Å². The van der Waals surface area contributed by atoms with Gasteiger partial charge in [0.15, 0.2) is 0 Å². The molecule has 1 fully saturated rings. The van der Waals surface area contributed by atoms with Crippen LogP contribution in [0.25, 0.3) is 22.2 Å². The molecule has 7 nitrogen and oxygen atoms in total. The number of pyridine rings is 1. The molecule has 2 amide bonds. The molecule has 37 heavy (non-hydrogen) atoms. The van der Waals surface area contributed by atoms with Gasteiger partial charge in [0, 0.05) is 54.1 Å². The summed E-state index contributed by atoms with van der Waals surface area (Å²) in [5, 5.41) is 11.4. The highest BCUT2D eigenvalue weighted by Gasteiger charge is 2.44. The number of likely N-dealkylation sites (tertiary alicyclic amines) is 1. The topological polar surface area (TPSA) is 77.2 Å². The van der Waals surface area contributed by atoms with Gasteiger partial charge in [0.25, 0.3) is 0 Å². The first kappa shape index (κ1) is 23.5. The molecule has 0 radical (unpaired) electrons. The fourth-order valence-electron chi connectivity index (χ4n) is 5.57. The van der Waals surface area contributed by atoms with Gasteiger partial charge in [0.2, 0.25) is 0 Å². The van der Waals surface area contributed by atoms with Crippen molar-refractivity contribution >= 4 is 22.6 Å². The largest absolute Gasteiger partial charge is 0.401 e. The third-order valence-electron chi connectivity index (χ3n) is 7.20. The summed E-state index contributed by atoms with van der Waals surface area (Å²) < 4.78 is 39.8. The van der Waals surface area contributed by atoms with Crippen LogP contribution in [0.2, 0.25) is 0 Å². The number of aromatic amines is 1. The highest BCUT2D eigenvalue weighted by molar-refractivity contribution is 6.00. The van der Waals surface area contributed by atoms with Gasteiger partial charge >= 0.3 is 12.2 Å². The number of rotatable bonds is 4. The molecule has 6 rings (SSSR count). The number of aryl methyl sites for hydroxylation is 1. The first-order chi connectivity index (χ1) is 17.7. The van der Waals surface area contributed by atoms with Gasteiger partial charge in [-0.2, -0.15) is 18.3 Å². The molecule has 2 aliphatic rings. The molecule has 0 saturated carbocycles. The second kappa shape index (κ2) is 8.88. The number of hydrogen-bond donors (Lipinski definition) is 2. The molecular weight excluding hydrogens is 481 g/mol. The van der Waals surface area contributed by atoms with Gasteiger partial charge < -0.3 is 10.2 Å². The molecule has 2 aromatic heterocycles. The lowest BCUT2D eigenvalue weighted by Gasteiger charge is -2.36. The van der Waals surface area contributed by atoms with Crippen molar-refractivity contribution < 1.29 is 18.0 Å². The second-order valence-electron chi connectivity index (χ2n) is 9.76. The summed E-state index contributed by atoms with van der Waals surface area (Å²) in [6.07, 6.45) is -2.57. The minimum atomic E-state index is -4.30. The van der Waals surface area contributed by atoms with Crippen LogP contribution in [0.1, 0.15) is 22.7 Å². The number of benzene rings is 2. The summed E-state index contributed by atoms with van der Waals surface area (Å²) in [4.78, 5) is 20.6. The Hall–Kier alpha value is -3.92. The number of nitrogens with zero attached hydrogens (tertiary/aromatic N) is 4. The molecule has 4 heterocycles. The first-order valence-corrected chi connectivity index (χ1v) is 12.1. The van der Waals surface area contributed by atoms with Crippen molar-refractivity contribution in [1.82, 2.24) is 25.0 Å². The van der Waals surface area contributed by atoms with Crippen molar-refractivity contribution in [3.05, 3.63) is 77.6 Å². The number of alkyl halides is 3. The second-order valence-corrected chi connectivity index (χ2v) is 9.76. The minimum absolute atomic E-state index is 0.150. The number of urea groups is 1. The van der Waals surface area contributed by atoms with E-state index in [9.17, 15) is 18.0 Å². The van der Waals surface area contributed by atoms with Gasteiger partial charge in [-0.25, -0.2) is 4.79 Å². The number of hydrogen-bond acceptors (Lipinski definition) is 4. The van der Waals surface area contributed by atoms with Crippen LogP contribution in [-0.2, 0) is 6.54 Å². The molecule has 190 valence electrons. The van der Waals surface area contributed by atoms with Gasteiger partial charge in [0.05, 0.1) is 18.1 Å². The Morgan fingerprint density at radius 3 is 2.65 bits per heavy atom. The average Bonchev–Trinajstić information content (AvgIpc) is 3.45. The molecule has 4 aromatic rings. The first-order valence-electron chi connectivity index (χ1n) is 12.1. The monoisotopic (exact) mass is 506 g/mol. The van der Waals surface area contributed by atoms with E-state index in [-0.39, 0.29) is 25.0 Å². The number of fused-ring (bicyclic) bond motifs is 2. The molecule has 2 N–H and O–H groups in total. The average molecular weight is 507 g/mol. The predicted molar refractivity (Wildman–Crippen MR) is 134 cm³/mol. The van der Waals surface area contributed by atoms with E-state index in [0.29, 0.717) is 12.2 Å². The van der Waals surface area contributed by atoms with Crippen molar-refractivity contribution in [2.24, 2.45) is 0 Å². The highest BCUT2D eigenvalue weighted by Crippen LogP contribution is 2.38. The van der Waals surface area contributed by atoms with E-state index in [1.54, 1.807) is 11.1 Å². The SMILES string of the molecule is Cc1cc(-c2n[nH]c3cc4c(cc23)CN(C2CN(CC(F)(F)F)C[C@@H]2c2ccccc2)C(=O)N4)ccn1. The summed E-state index contributed by atoms with van der Waals surface area (Å²) in [6, 6.07) is 16.5. The maximum atomic E-state index is 13.3. The van der Waals surface area contributed by atoms with Crippen LogP contribution in [-0.4, -0.2) is 62.9 Å². The lowest BCUT2D eigenvalue weighted by atomic mass is 9.92. The number of carbonyl (C=O) groups is 1. The summed E-state index contributed by atoms with van der Waals surface area (Å²) >= 11 is 0. The Morgan fingerprint density at radius 2 is 1.89 bits per heavy atom. The van der Waals surface area contributed by atoms with Crippen LogP contribution >= 0.6 is 0 Å². The molecule has 2 aromatic carbocycles. The zero-order valence-corrected chi connectivity index (χ0v) is 20.1. The molecule has 10 heteroatoms. The fourth-order valence-corrected chi connectivity index (χ4v) is 5.57. The van der Waals surface area contributed by atoms with Crippen LogP contribution in [0.5, 0.6) is 0 Å². The van der Waals surface area contributed by atoms with Crippen LogP contribution < -0.4 is 5.32 Å². The number of amides is 2. The van der Waals surface area contributed by atoms with E-state index in [2.05, 4.69) is 20.5 Å². The number of H-pyrrole nitrogens is 1. The smallest absolute Gasteiger partial charge is 0.315 e. The molecule has 0 aliphatic carbocycles. The van der Waals surface area contributed by atoms with Crippen LogP contribution in [0.4, 0.5) is 23.7 Å². The molecule has 2 atom stereocenters. The zero-order chi connectivity index (χ0) is 25.7. The number of carbonyl (C=O) groups excluding carboxylic acids is 1. The molecule has 1 saturated heterocycles. The Morgan fingerprint density at radius 1 is 1.08 bits per heavy atom. The van der Waals surface area contributed by atoms with Gasteiger partial charge in [0.1, 0.15) is 5.69 Å². The highest BCUT2D eigenvalue weighted by atomic mass is 19.4.